The number of hydrogen-bond donors (Lipinski definition) is 2. The molecule has 2 aromatic carbocycles. The van der Waals surface area contributed by atoms with Crippen LogP contribution >= 0.6 is 22.6 Å². The fourth-order valence-corrected chi connectivity index (χ4v) is 2.50. The van der Waals surface area contributed by atoms with Crippen LogP contribution in [-0.2, 0) is 4.79 Å². The van der Waals surface area contributed by atoms with Crippen LogP contribution in [0.4, 0.5) is 11.4 Å². The van der Waals surface area contributed by atoms with Crippen LogP contribution in [0, 0.1) is 17.1 Å². The largest absolute Gasteiger partial charge is 0.490 e. The number of aliphatic hydroxyl groups is 1. The molecule has 0 unspecified atom stereocenters. The highest BCUT2D eigenvalue weighted by Gasteiger charge is 2.31. The summed E-state index contributed by atoms with van der Waals surface area (Å²) in [5.41, 5.74) is 0.453. The van der Waals surface area contributed by atoms with Crippen molar-refractivity contribution in [3.05, 3.63) is 63.0 Å². The predicted molar refractivity (Wildman–Crippen MR) is 101 cm³/mol. The van der Waals surface area contributed by atoms with Crippen molar-refractivity contribution in [2.45, 2.75) is 19.4 Å². The van der Waals surface area contributed by atoms with Crippen molar-refractivity contribution in [2.24, 2.45) is 0 Å². The molecule has 0 aliphatic heterocycles. The van der Waals surface area contributed by atoms with E-state index in [2.05, 4.69) is 10.2 Å². The molecule has 0 aliphatic carbocycles. The van der Waals surface area contributed by atoms with Gasteiger partial charge in [0.2, 0.25) is 0 Å². The summed E-state index contributed by atoms with van der Waals surface area (Å²) in [6.45, 7) is 10.2. The summed E-state index contributed by atoms with van der Waals surface area (Å²) in [4.78, 5) is 15.6. The van der Waals surface area contributed by atoms with Crippen LogP contribution < -0.4 is 10.1 Å². The first kappa shape index (κ1) is 18.2. The van der Waals surface area contributed by atoms with E-state index in [1.54, 1.807) is 30.3 Å². The van der Waals surface area contributed by atoms with Gasteiger partial charge >= 0.3 is 0 Å². The van der Waals surface area contributed by atoms with E-state index in [0.29, 0.717) is 17.1 Å². The molecule has 0 fully saturated rings. The van der Waals surface area contributed by atoms with E-state index in [4.69, 9.17) is 11.3 Å². The lowest BCUT2D eigenvalue weighted by Gasteiger charge is -2.22. The average molecular weight is 436 g/mol. The standard InChI is InChI=1S/C18H17IN2O3/c1-12-4-7-14(8-5-12)24-11-18(2,23)17(22)21-13-6-9-16(20-3)15(19)10-13/h4-10,23H,11H2,1-2H3,(H,21,22)/t18-/m0/s1. The van der Waals surface area contributed by atoms with Crippen molar-refractivity contribution in [2.75, 3.05) is 11.9 Å². The van der Waals surface area contributed by atoms with Gasteiger partial charge < -0.3 is 15.2 Å². The molecule has 6 heteroatoms. The van der Waals surface area contributed by atoms with Crippen LogP contribution in [0.15, 0.2) is 42.5 Å². The molecule has 124 valence electrons. The Morgan fingerprint density at radius 1 is 1.33 bits per heavy atom. The summed E-state index contributed by atoms with van der Waals surface area (Å²) >= 11 is 2.03. The monoisotopic (exact) mass is 436 g/mol. The zero-order chi connectivity index (χ0) is 17.7. The summed E-state index contributed by atoms with van der Waals surface area (Å²) in [6.07, 6.45) is 0. The number of halogens is 1. The second-order valence-electron chi connectivity index (χ2n) is 5.61. The molecule has 0 saturated heterocycles. The molecular formula is C18H17IN2O3. The Hall–Kier alpha value is -2.11. The van der Waals surface area contributed by atoms with Crippen LogP contribution in [0.2, 0.25) is 0 Å². The van der Waals surface area contributed by atoms with Gasteiger partial charge in [0, 0.05) is 9.26 Å². The molecule has 2 aromatic rings. The Morgan fingerprint density at radius 2 is 2.00 bits per heavy atom. The third kappa shape index (κ3) is 4.69. The minimum Gasteiger partial charge on any atom is -0.490 e. The minimum absolute atomic E-state index is 0.168. The summed E-state index contributed by atoms with van der Waals surface area (Å²) < 4.78 is 6.23. The highest BCUT2D eigenvalue weighted by atomic mass is 127. The number of hydrogen-bond acceptors (Lipinski definition) is 3. The topological polar surface area (TPSA) is 62.9 Å². The van der Waals surface area contributed by atoms with Gasteiger partial charge in [-0.1, -0.05) is 46.4 Å². The molecular weight excluding hydrogens is 419 g/mol. The number of ether oxygens (including phenoxy) is 1. The molecule has 0 saturated carbocycles. The smallest absolute Gasteiger partial charge is 0.259 e. The van der Waals surface area contributed by atoms with Gasteiger partial charge in [-0.3, -0.25) is 4.79 Å². The molecule has 0 radical (unpaired) electrons. The lowest BCUT2D eigenvalue weighted by atomic mass is 10.1. The normalized spacial score (nSPS) is 12.8. The molecule has 0 bridgehead atoms. The fourth-order valence-electron chi connectivity index (χ4n) is 1.86. The second-order valence-corrected chi connectivity index (χ2v) is 6.77. The minimum atomic E-state index is -1.69. The second kappa shape index (κ2) is 7.64. The molecule has 1 atom stereocenters. The Morgan fingerprint density at radius 3 is 2.58 bits per heavy atom. The quantitative estimate of drug-likeness (QED) is 0.552. The Kier molecular flexibility index (Phi) is 5.80. The summed E-state index contributed by atoms with van der Waals surface area (Å²) in [5.74, 6) is 0.0191. The van der Waals surface area contributed by atoms with E-state index in [1.165, 1.54) is 6.92 Å². The van der Waals surface area contributed by atoms with Crippen LogP contribution in [0.25, 0.3) is 4.85 Å². The van der Waals surface area contributed by atoms with Crippen LogP contribution in [0.3, 0.4) is 0 Å². The molecule has 0 aliphatic rings. The molecule has 2 N–H and O–H groups in total. The van der Waals surface area contributed by atoms with Gasteiger partial charge in [-0.2, -0.15) is 0 Å². The number of nitrogens with one attached hydrogen (secondary N) is 1. The SMILES string of the molecule is [C-]#[N+]c1ccc(NC(=O)[C@@](C)(O)COc2ccc(C)cc2)cc1I. The zero-order valence-corrected chi connectivity index (χ0v) is 15.5. The first-order valence-electron chi connectivity index (χ1n) is 7.22. The molecule has 0 aromatic heterocycles. The summed E-state index contributed by atoms with van der Waals surface area (Å²) in [5, 5.41) is 13.0. The van der Waals surface area contributed by atoms with Gasteiger partial charge in [0.15, 0.2) is 11.3 Å². The van der Waals surface area contributed by atoms with Gasteiger partial charge in [-0.15, -0.1) is 0 Å². The number of rotatable bonds is 5. The fraction of sp³-hybridized carbons (Fsp3) is 0.222. The highest BCUT2D eigenvalue weighted by Crippen LogP contribution is 2.25. The van der Waals surface area contributed by atoms with E-state index in [-0.39, 0.29) is 6.61 Å². The van der Waals surface area contributed by atoms with Crippen molar-refractivity contribution in [1.82, 2.24) is 0 Å². The maximum absolute atomic E-state index is 12.3. The van der Waals surface area contributed by atoms with Crippen LogP contribution in [-0.4, -0.2) is 23.2 Å². The average Bonchev–Trinajstić information content (AvgIpc) is 2.54. The first-order valence-corrected chi connectivity index (χ1v) is 8.30. The van der Waals surface area contributed by atoms with Crippen molar-refractivity contribution in [1.29, 1.82) is 0 Å². The van der Waals surface area contributed by atoms with E-state index in [1.807, 2.05) is 41.6 Å². The lowest BCUT2D eigenvalue weighted by molar-refractivity contribution is -0.135. The predicted octanol–water partition coefficient (Wildman–Crippen LogP) is 3.92. The Labute approximate surface area is 154 Å². The van der Waals surface area contributed by atoms with Gasteiger partial charge in [-0.05, 0) is 38.1 Å². The molecule has 2 rings (SSSR count). The van der Waals surface area contributed by atoms with E-state index < -0.39 is 11.5 Å². The summed E-state index contributed by atoms with van der Waals surface area (Å²) in [7, 11) is 0. The van der Waals surface area contributed by atoms with Gasteiger partial charge in [-0.25, -0.2) is 4.85 Å². The Balaban J connectivity index is 2.00. The number of carbonyl (C=O) groups excluding carboxylic acids is 1. The highest BCUT2D eigenvalue weighted by molar-refractivity contribution is 14.1. The van der Waals surface area contributed by atoms with E-state index >= 15 is 0 Å². The van der Waals surface area contributed by atoms with Crippen molar-refractivity contribution in [3.8, 4) is 5.75 Å². The van der Waals surface area contributed by atoms with Gasteiger partial charge in [0.1, 0.15) is 12.4 Å². The van der Waals surface area contributed by atoms with Crippen LogP contribution in [0.5, 0.6) is 5.75 Å². The maximum atomic E-state index is 12.3. The molecule has 0 heterocycles. The molecule has 1 amide bonds. The van der Waals surface area contributed by atoms with E-state index in [0.717, 1.165) is 9.13 Å². The zero-order valence-electron chi connectivity index (χ0n) is 13.3. The maximum Gasteiger partial charge on any atom is 0.259 e. The lowest BCUT2D eigenvalue weighted by Crippen LogP contribution is -2.45. The number of nitrogens with zero attached hydrogens (tertiary/aromatic N) is 1. The molecule has 5 nitrogen and oxygen atoms in total. The number of carbonyl (C=O) groups is 1. The van der Waals surface area contributed by atoms with Gasteiger partial charge in [0.25, 0.3) is 5.91 Å². The third-order valence-corrected chi connectivity index (χ3v) is 4.22. The first-order chi connectivity index (χ1) is 11.3. The molecule has 0 spiro atoms. The van der Waals surface area contributed by atoms with Crippen molar-refractivity contribution < 1.29 is 14.6 Å². The Bertz CT molecular complexity index is 780. The number of benzene rings is 2. The van der Waals surface area contributed by atoms with Crippen molar-refractivity contribution in [3.63, 3.8) is 0 Å². The van der Waals surface area contributed by atoms with Crippen LogP contribution in [0.1, 0.15) is 12.5 Å². The number of amides is 1. The van der Waals surface area contributed by atoms with Gasteiger partial charge in [0.05, 0.1) is 6.57 Å². The van der Waals surface area contributed by atoms with Crippen molar-refractivity contribution >= 4 is 39.9 Å². The third-order valence-electron chi connectivity index (χ3n) is 3.36. The molecule has 24 heavy (non-hydrogen) atoms. The number of aryl methyl sites for hydroxylation is 1. The van der Waals surface area contributed by atoms with E-state index in [9.17, 15) is 9.90 Å². The summed E-state index contributed by atoms with van der Waals surface area (Å²) in [6, 6.07) is 12.3. The number of anilines is 1.